The highest BCUT2D eigenvalue weighted by molar-refractivity contribution is 6.10. The molecule has 3 heterocycles. The molecule has 0 radical (unpaired) electrons. The van der Waals surface area contributed by atoms with Crippen molar-refractivity contribution in [3.05, 3.63) is 224 Å². The van der Waals surface area contributed by atoms with E-state index in [1.54, 1.807) is 0 Å². The number of para-hydroxylation sites is 4. The molecule has 12 aromatic rings. The molecular weight excluding hydrogens is 755 g/mol. The number of rotatable bonds is 7. The minimum Gasteiger partial charge on any atom is -0.278 e. The van der Waals surface area contributed by atoms with E-state index in [4.69, 9.17) is 15.0 Å². The normalized spacial score (nSPS) is 11.5. The average molecular weight is 792 g/mol. The molecule has 0 saturated heterocycles. The van der Waals surface area contributed by atoms with Gasteiger partial charge in [-0.2, -0.15) is 15.0 Å². The summed E-state index contributed by atoms with van der Waals surface area (Å²) in [5.74, 6) is 1.72. The summed E-state index contributed by atoms with van der Waals surface area (Å²) >= 11 is 0. The minimum atomic E-state index is 0.562. The Kier molecular flexibility index (Phi) is 8.42. The first-order valence-corrected chi connectivity index (χ1v) is 20.9. The smallest absolute Gasteiger partial charge is 0.240 e. The van der Waals surface area contributed by atoms with Gasteiger partial charge in [0.15, 0.2) is 5.82 Å². The standard InChI is InChI=1S/C57H37N5/c1-2-14-38(15-3-1)39-28-30-40(31-29-39)41-32-34-42(35-33-41)43-16-12-17-44(36-43)45-18-13-19-46(37-45)55-58-56(61-51-24-8-4-20-47(51)48-21-5-9-25-52(48)61)60-57(59-55)62-53-26-10-6-22-49(53)50-23-7-11-27-54(50)62/h1-37H. The van der Waals surface area contributed by atoms with E-state index in [0.717, 1.165) is 71.4 Å². The molecule has 0 atom stereocenters. The Morgan fingerprint density at radius 3 is 0.935 bits per heavy atom. The second kappa shape index (κ2) is 14.7. The summed E-state index contributed by atoms with van der Waals surface area (Å²) in [4.78, 5) is 15.9. The first kappa shape index (κ1) is 35.5. The van der Waals surface area contributed by atoms with Gasteiger partial charge >= 0.3 is 0 Å². The lowest BCUT2D eigenvalue weighted by Gasteiger charge is -2.13. The monoisotopic (exact) mass is 791 g/mol. The average Bonchev–Trinajstić information content (AvgIpc) is 3.88. The summed E-state index contributed by atoms with van der Waals surface area (Å²) in [6.07, 6.45) is 0. The van der Waals surface area contributed by atoms with Crippen molar-refractivity contribution in [2.75, 3.05) is 0 Å². The van der Waals surface area contributed by atoms with Gasteiger partial charge in [0.05, 0.1) is 22.1 Å². The highest BCUT2D eigenvalue weighted by Gasteiger charge is 2.20. The molecule has 0 spiro atoms. The molecule has 62 heavy (non-hydrogen) atoms. The molecule has 0 aliphatic carbocycles. The summed E-state index contributed by atoms with van der Waals surface area (Å²) in [6.45, 7) is 0. The van der Waals surface area contributed by atoms with Crippen molar-refractivity contribution in [1.82, 2.24) is 24.1 Å². The van der Waals surface area contributed by atoms with Crippen molar-refractivity contribution in [3.8, 4) is 67.8 Å². The molecule has 290 valence electrons. The van der Waals surface area contributed by atoms with E-state index in [2.05, 4.69) is 234 Å². The van der Waals surface area contributed by atoms with Crippen molar-refractivity contribution in [3.63, 3.8) is 0 Å². The fourth-order valence-electron chi connectivity index (χ4n) is 9.02. The number of nitrogens with zero attached hydrogens (tertiary/aromatic N) is 5. The van der Waals surface area contributed by atoms with E-state index in [1.165, 1.54) is 22.3 Å². The first-order chi connectivity index (χ1) is 30.7. The Bertz CT molecular complexity index is 3380. The van der Waals surface area contributed by atoms with Crippen LogP contribution in [0.4, 0.5) is 0 Å². The number of aromatic nitrogens is 5. The predicted octanol–water partition coefficient (Wildman–Crippen LogP) is 14.4. The third kappa shape index (κ3) is 6.06. The van der Waals surface area contributed by atoms with Crippen LogP contribution < -0.4 is 0 Å². The van der Waals surface area contributed by atoms with Crippen LogP contribution in [0.15, 0.2) is 224 Å². The van der Waals surface area contributed by atoms with Crippen molar-refractivity contribution >= 4 is 43.6 Å². The summed E-state index contributed by atoms with van der Waals surface area (Å²) in [5, 5.41) is 4.60. The van der Waals surface area contributed by atoms with Crippen LogP contribution in [0.3, 0.4) is 0 Å². The summed E-state index contributed by atoms with van der Waals surface area (Å²) in [5.41, 5.74) is 14.4. The first-order valence-electron chi connectivity index (χ1n) is 20.9. The Hall–Kier alpha value is -8.41. The molecular formula is C57H37N5. The lowest BCUT2D eigenvalue weighted by Crippen LogP contribution is -2.10. The SMILES string of the molecule is c1ccc(-c2ccc(-c3ccc(-c4cccc(-c5cccc(-c6nc(-n7c8ccccc8c8ccccc87)nc(-n7c8ccccc8c8ccccc87)n6)c5)c4)cc3)cc2)cc1. The largest absolute Gasteiger partial charge is 0.278 e. The summed E-state index contributed by atoms with van der Waals surface area (Å²) in [7, 11) is 0. The highest BCUT2D eigenvalue weighted by atomic mass is 15.3. The van der Waals surface area contributed by atoms with Crippen LogP contribution in [0, 0.1) is 0 Å². The second-order valence-corrected chi connectivity index (χ2v) is 15.7. The van der Waals surface area contributed by atoms with E-state index in [-0.39, 0.29) is 0 Å². The van der Waals surface area contributed by atoms with Gasteiger partial charge in [0.1, 0.15) is 0 Å². The zero-order valence-corrected chi connectivity index (χ0v) is 33.6. The van der Waals surface area contributed by atoms with Gasteiger partial charge in [-0.25, -0.2) is 0 Å². The van der Waals surface area contributed by atoms with Crippen LogP contribution in [-0.4, -0.2) is 24.1 Å². The van der Waals surface area contributed by atoms with Crippen LogP contribution in [0.2, 0.25) is 0 Å². The van der Waals surface area contributed by atoms with Gasteiger partial charge in [0.25, 0.3) is 0 Å². The molecule has 0 fully saturated rings. The number of fused-ring (bicyclic) bond motifs is 6. The molecule has 3 aromatic heterocycles. The third-order valence-electron chi connectivity index (χ3n) is 12.0. The number of hydrogen-bond donors (Lipinski definition) is 0. The zero-order chi connectivity index (χ0) is 41.0. The van der Waals surface area contributed by atoms with E-state index < -0.39 is 0 Å². The molecule has 0 bridgehead atoms. The van der Waals surface area contributed by atoms with Crippen molar-refractivity contribution < 1.29 is 0 Å². The molecule has 0 N–H and O–H groups in total. The van der Waals surface area contributed by atoms with E-state index in [0.29, 0.717) is 17.7 Å². The van der Waals surface area contributed by atoms with Crippen LogP contribution in [-0.2, 0) is 0 Å². The van der Waals surface area contributed by atoms with Gasteiger partial charge in [-0.3, -0.25) is 9.13 Å². The Balaban J connectivity index is 0.953. The van der Waals surface area contributed by atoms with Crippen LogP contribution in [0.1, 0.15) is 0 Å². The second-order valence-electron chi connectivity index (χ2n) is 15.7. The Labute approximate surface area is 358 Å². The Morgan fingerprint density at radius 2 is 0.516 bits per heavy atom. The van der Waals surface area contributed by atoms with Crippen molar-refractivity contribution in [1.29, 1.82) is 0 Å². The molecule has 0 aliphatic rings. The number of hydrogen-bond acceptors (Lipinski definition) is 3. The van der Waals surface area contributed by atoms with Crippen LogP contribution in [0.5, 0.6) is 0 Å². The van der Waals surface area contributed by atoms with Gasteiger partial charge in [0.2, 0.25) is 11.9 Å². The maximum Gasteiger partial charge on any atom is 0.240 e. The molecule has 5 heteroatoms. The van der Waals surface area contributed by atoms with Crippen LogP contribution >= 0.6 is 0 Å². The molecule has 5 nitrogen and oxygen atoms in total. The number of benzene rings is 9. The molecule has 9 aromatic carbocycles. The Morgan fingerprint density at radius 1 is 0.226 bits per heavy atom. The van der Waals surface area contributed by atoms with E-state index >= 15 is 0 Å². The highest BCUT2D eigenvalue weighted by Crippen LogP contribution is 2.36. The van der Waals surface area contributed by atoms with Crippen LogP contribution in [0.25, 0.3) is 111 Å². The van der Waals surface area contributed by atoms with Gasteiger partial charge < -0.3 is 0 Å². The lowest BCUT2D eigenvalue weighted by atomic mass is 9.96. The van der Waals surface area contributed by atoms with Gasteiger partial charge in [-0.15, -0.1) is 0 Å². The molecule has 12 rings (SSSR count). The van der Waals surface area contributed by atoms with Crippen molar-refractivity contribution in [2.24, 2.45) is 0 Å². The molecule has 0 saturated carbocycles. The summed E-state index contributed by atoms with van der Waals surface area (Å²) < 4.78 is 4.34. The van der Waals surface area contributed by atoms with Crippen molar-refractivity contribution in [2.45, 2.75) is 0 Å². The molecule has 0 unspecified atom stereocenters. The topological polar surface area (TPSA) is 48.5 Å². The van der Waals surface area contributed by atoms with Gasteiger partial charge in [-0.05, 0) is 80.9 Å². The lowest BCUT2D eigenvalue weighted by molar-refractivity contribution is 0.893. The van der Waals surface area contributed by atoms with Gasteiger partial charge in [-0.1, -0.05) is 188 Å². The fraction of sp³-hybridized carbons (Fsp3) is 0. The fourth-order valence-corrected chi connectivity index (χ4v) is 9.02. The quantitative estimate of drug-likeness (QED) is 0.162. The maximum atomic E-state index is 5.32. The molecule has 0 aliphatic heterocycles. The van der Waals surface area contributed by atoms with E-state index in [9.17, 15) is 0 Å². The van der Waals surface area contributed by atoms with Gasteiger partial charge in [0, 0.05) is 27.1 Å². The maximum absolute atomic E-state index is 5.32. The third-order valence-corrected chi connectivity index (χ3v) is 12.0. The zero-order valence-electron chi connectivity index (χ0n) is 33.6. The predicted molar refractivity (Wildman–Crippen MR) is 256 cm³/mol. The van der Waals surface area contributed by atoms with E-state index in [1.807, 2.05) is 0 Å². The molecule has 0 amide bonds. The minimum absolute atomic E-state index is 0.562. The summed E-state index contributed by atoms with van der Waals surface area (Å²) in [6, 6.07) is 79.3.